The molecule has 1 aliphatic carbocycles. The first kappa shape index (κ1) is 16.1. The van der Waals surface area contributed by atoms with Crippen LogP contribution < -0.4 is 10.1 Å². The van der Waals surface area contributed by atoms with Crippen LogP contribution in [0.3, 0.4) is 0 Å². The predicted molar refractivity (Wildman–Crippen MR) is 96.8 cm³/mol. The molecule has 1 fully saturated rings. The number of ether oxygens (including phenoxy) is 1. The molecule has 6 nitrogen and oxygen atoms in total. The zero-order chi connectivity index (χ0) is 17.4. The number of rotatable bonds is 6. The number of aromatic nitrogens is 3. The minimum absolute atomic E-state index is 0.0118. The van der Waals surface area contributed by atoms with Gasteiger partial charge in [0.25, 0.3) is 5.19 Å². The van der Waals surface area contributed by atoms with E-state index in [1.165, 1.54) is 11.3 Å². The number of hydrogen-bond acceptors (Lipinski definition) is 5. The Balaban J connectivity index is 1.38. The summed E-state index contributed by atoms with van der Waals surface area (Å²) in [6, 6.07) is 7.86. The van der Waals surface area contributed by atoms with Gasteiger partial charge in [0, 0.05) is 18.0 Å². The highest BCUT2D eigenvalue weighted by Crippen LogP contribution is 2.47. The molecule has 3 aromatic rings. The van der Waals surface area contributed by atoms with Crippen molar-refractivity contribution in [1.82, 2.24) is 20.3 Å². The molecule has 130 valence electrons. The van der Waals surface area contributed by atoms with Crippen LogP contribution in [0.25, 0.3) is 11.0 Å². The van der Waals surface area contributed by atoms with Crippen LogP contribution in [0.1, 0.15) is 42.9 Å². The second-order valence-corrected chi connectivity index (χ2v) is 7.30. The van der Waals surface area contributed by atoms with E-state index in [4.69, 9.17) is 4.74 Å². The zero-order valence-corrected chi connectivity index (χ0v) is 15.0. The number of fused-ring (bicyclic) bond motifs is 1. The van der Waals surface area contributed by atoms with Crippen molar-refractivity contribution < 1.29 is 9.53 Å². The smallest absolute Gasteiger partial charge is 0.273 e. The number of thiazole rings is 1. The highest BCUT2D eigenvalue weighted by Gasteiger charge is 2.46. The number of aromatic amines is 1. The summed E-state index contributed by atoms with van der Waals surface area (Å²) in [6.07, 6.45) is 2.61. The van der Waals surface area contributed by atoms with Gasteiger partial charge in [-0.05, 0) is 32.4 Å². The minimum atomic E-state index is -0.0730. The predicted octanol–water partition coefficient (Wildman–Crippen LogP) is 3.40. The third-order valence-corrected chi connectivity index (χ3v) is 5.53. The van der Waals surface area contributed by atoms with Crippen LogP contribution in [0.15, 0.2) is 30.5 Å². The van der Waals surface area contributed by atoms with Crippen LogP contribution in [-0.4, -0.2) is 27.5 Å². The summed E-state index contributed by atoms with van der Waals surface area (Å²) >= 11 is 1.47. The Kier molecular flexibility index (Phi) is 4.17. The van der Waals surface area contributed by atoms with Gasteiger partial charge in [-0.1, -0.05) is 23.5 Å². The molecule has 2 unspecified atom stereocenters. The lowest BCUT2D eigenvalue weighted by molar-refractivity contribution is -0.123. The standard InChI is InChI=1S/C18H20N4O2S/c1-3-24-18-19-9-15(25-18)10(2)20-17(23)12-8-11(12)16-21-13-6-4-5-7-14(13)22-16/h4-7,9-12H,3,8H2,1-2H3,(H,20,23)(H,21,22)/t10-,11?,12?/m1/s1. The highest BCUT2D eigenvalue weighted by molar-refractivity contribution is 7.13. The summed E-state index contributed by atoms with van der Waals surface area (Å²) in [7, 11) is 0. The summed E-state index contributed by atoms with van der Waals surface area (Å²) in [5.74, 6) is 1.15. The van der Waals surface area contributed by atoms with Gasteiger partial charge in [0.05, 0.1) is 28.6 Å². The van der Waals surface area contributed by atoms with E-state index < -0.39 is 0 Å². The Bertz CT molecular complexity index is 870. The number of imidazole rings is 1. The largest absolute Gasteiger partial charge is 0.470 e. The van der Waals surface area contributed by atoms with Crippen molar-refractivity contribution in [3.63, 3.8) is 0 Å². The van der Waals surface area contributed by atoms with Crippen molar-refractivity contribution in [3.05, 3.63) is 41.2 Å². The molecule has 1 saturated carbocycles. The maximum atomic E-state index is 12.5. The van der Waals surface area contributed by atoms with Gasteiger partial charge in [0.15, 0.2) is 0 Å². The van der Waals surface area contributed by atoms with Crippen LogP contribution in [0.4, 0.5) is 0 Å². The van der Waals surface area contributed by atoms with Gasteiger partial charge in [-0.3, -0.25) is 4.79 Å². The molecule has 4 rings (SSSR count). The molecule has 0 radical (unpaired) electrons. The normalized spacial score (nSPS) is 20.4. The lowest BCUT2D eigenvalue weighted by atomic mass is 10.2. The number of carbonyl (C=O) groups excluding carboxylic acids is 1. The lowest BCUT2D eigenvalue weighted by Gasteiger charge is -2.11. The number of para-hydroxylation sites is 2. The maximum absolute atomic E-state index is 12.5. The highest BCUT2D eigenvalue weighted by atomic mass is 32.1. The first-order chi connectivity index (χ1) is 12.2. The van der Waals surface area contributed by atoms with E-state index in [1.54, 1.807) is 6.20 Å². The molecular formula is C18H20N4O2S. The SMILES string of the molecule is CCOc1ncc([C@@H](C)NC(=O)C2CC2c2nc3ccccc3[nH]2)s1. The number of benzene rings is 1. The second-order valence-electron chi connectivity index (χ2n) is 6.28. The Labute approximate surface area is 149 Å². The third kappa shape index (κ3) is 3.24. The molecule has 2 N–H and O–H groups in total. The van der Waals surface area contributed by atoms with Gasteiger partial charge in [-0.15, -0.1) is 0 Å². The number of amides is 1. The monoisotopic (exact) mass is 356 g/mol. The van der Waals surface area contributed by atoms with Crippen molar-refractivity contribution in [2.24, 2.45) is 5.92 Å². The number of carbonyl (C=O) groups is 1. The van der Waals surface area contributed by atoms with Crippen LogP contribution >= 0.6 is 11.3 Å². The van der Waals surface area contributed by atoms with Gasteiger partial charge >= 0.3 is 0 Å². The number of nitrogens with one attached hydrogen (secondary N) is 2. The van der Waals surface area contributed by atoms with E-state index in [0.717, 1.165) is 28.2 Å². The lowest BCUT2D eigenvalue weighted by Crippen LogP contribution is -2.28. The van der Waals surface area contributed by atoms with Gasteiger partial charge in [0.2, 0.25) is 5.91 Å². The molecule has 3 atom stereocenters. The van der Waals surface area contributed by atoms with Gasteiger partial charge in [0.1, 0.15) is 5.82 Å². The van der Waals surface area contributed by atoms with Crippen LogP contribution in [0.2, 0.25) is 0 Å². The van der Waals surface area contributed by atoms with Gasteiger partial charge < -0.3 is 15.0 Å². The van der Waals surface area contributed by atoms with E-state index in [0.29, 0.717) is 11.8 Å². The Morgan fingerprint density at radius 1 is 1.48 bits per heavy atom. The van der Waals surface area contributed by atoms with E-state index in [2.05, 4.69) is 20.3 Å². The molecule has 1 aliphatic rings. The molecule has 1 aromatic carbocycles. The molecule has 7 heteroatoms. The number of nitrogens with zero attached hydrogens (tertiary/aromatic N) is 2. The Hall–Kier alpha value is -2.41. The molecule has 0 saturated heterocycles. The van der Waals surface area contributed by atoms with E-state index in [-0.39, 0.29) is 23.8 Å². The first-order valence-electron chi connectivity index (χ1n) is 8.49. The van der Waals surface area contributed by atoms with Crippen molar-refractivity contribution in [2.75, 3.05) is 6.61 Å². The summed E-state index contributed by atoms with van der Waals surface area (Å²) in [5, 5.41) is 3.72. The zero-order valence-electron chi connectivity index (χ0n) is 14.2. The summed E-state index contributed by atoms with van der Waals surface area (Å²) < 4.78 is 5.39. The molecule has 0 aliphatic heterocycles. The molecule has 0 spiro atoms. The van der Waals surface area contributed by atoms with E-state index in [9.17, 15) is 4.79 Å². The maximum Gasteiger partial charge on any atom is 0.273 e. The fraction of sp³-hybridized carbons (Fsp3) is 0.389. The van der Waals surface area contributed by atoms with Gasteiger partial charge in [-0.2, -0.15) is 0 Å². The van der Waals surface area contributed by atoms with Crippen molar-refractivity contribution in [3.8, 4) is 5.19 Å². The first-order valence-corrected chi connectivity index (χ1v) is 9.31. The quantitative estimate of drug-likeness (QED) is 0.709. The summed E-state index contributed by atoms with van der Waals surface area (Å²) in [6.45, 7) is 4.49. The minimum Gasteiger partial charge on any atom is -0.470 e. The molecule has 1 amide bonds. The topological polar surface area (TPSA) is 79.9 Å². The average molecular weight is 356 g/mol. The number of hydrogen-bond donors (Lipinski definition) is 2. The van der Waals surface area contributed by atoms with Crippen molar-refractivity contribution in [1.29, 1.82) is 0 Å². The number of H-pyrrole nitrogens is 1. The summed E-state index contributed by atoms with van der Waals surface area (Å²) in [5.41, 5.74) is 1.97. The fourth-order valence-electron chi connectivity index (χ4n) is 2.99. The van der Waals surface area contributed by atoms with Crippen LogP contribution in [0.5, 0.6) is 5.19 Å². The molecular weight excluding hydrogens is 336 g/mol. The Morgan fingerprint density at radius 2 is 2.32 bits per heavy atom. The molecule has 25 heavy (non-hydrogen) atoms. The molecule has 2 heterocycles. The molecule has 0 bridgehead atoms. The van der Waals surface area contributed by atoms with Crippen molar-refractivity contribution in [2.45, 2.75) is 32.2 Å². The Morgan fingerprint density at radius 3 is 3.12 bits per heavy atom. The van der Waals surface area contributed by atoms with Crippen LogP contribution in [0, 0.1) is 5.92 Å². The fourth-order valence-corrected chi connectivity index (χ4v) is 3.81. The van der Waals surface area contributed by atoms with Crippen molar-refractivity contribution >= 4 is 28.3 Å². The third-order valence-electron chi connectivity index (χ3n) is 4.44. The van der Waals surface area contributed by atoms with Gasteiger partial charge in [-0.25, -0.2) is 9.97 Å². The van der Waals surface area contributed by atoms with E-state index in [1.807, 2.05) is 38.1 Å². The average Bonchev–Trinajstić information content (AvgIpc) is 3.07. The second kappa shape index (κ2) is 6.48. The van der Waals surface area contributed by atoms with E-state index >= 15 is 0 Å². The summed E-state index contributed by atoms with van der Waals surface area (Å²) in [4.78, 5) is 25.7. The van der Waals surface area contributed by atoms with Crippen LogP contribution in [-0.2, 0) is 4.79 Å². The molecule has 2 aromatic heterocycles.